The molecular formula is C24H28F6N6O3. The Kier molecular flexibility index (Phi) is 8.37. The molecule has 1 amide bonds. The van der Waals surface area contributed by atoms with E-state index in [0.29, 0.717) is 58.1 Å². The summed E-state index contributed by atoms with van der Waals surface area (Å²) < 4.78 is 78.0. The molecule has 1 aliphatic carbocycles. The van der Waals surface area contributed by atoms with Gasteiger partial charge < -0.3 is 15.1 Å². The van der Waals surface area contributed by atoms with E-state index in [0.717, 1.165) is 18.3 Å². The second-order valence-corrected chi connectivity index (χ2v) is 9.74. The van der Waals surface area contributed by atoms with Gasteiger partial charge in [0.05, 0.1) is 10.5 Å². The molecule has 1 N–H and O–H groups in total. The third-order valence-corrected chi connectivity index (χ3v) is 7.13. The summed E-state index contributed by atoms with van der Waals surface area (Å²) in [5.74, 6) is 0.394. The number of alkyl halides is 6. The molecule has 2 aliphatic heterocycles. The maximum atomic E-state index is 13.3. The zero-order valence-electron chi connectivity index (χ0n) is 20.9. The lowest BCUT2D eigenvalue weighted by Gasteiger charge is -2.35. The van der Waals surface area contributed by atoms with Crippen molar-refractivity contribution in [3.63, 3.8) is 0 Å². The first-order valence-electron chi connectivity index (χ1n) is 12.5. The average Bonchev–Trinajstić information content (AvgIpc) is 3.35. The molecule has 0 spiro atoms. The number of amides is 1. The van der Waals surface area contributed by atoms with Gasteiger partial charge in [-0.15, -0.1) is 0 Å². The Morgan fingerprint density at radius 1 is 1.05 bits per heavy atom. The van der Waals surface area contributed by atoms with Crippen molar-refractivity contribution in [1.29, 1.82) is 0 Å². The molecule has 9 nitrogen and oxygen atoms in total. The van der Waals surface area contributed by atoms with E-state index in [2.05, 4.69) is 15.2 Å². The molecule has 1 aromatic heterocycles. The van der Waals surface area contributed by atoms with Crippen LogP contribution in [0.25, 0.3) is 0 Å². The van der Waals surface area contributed by atoms with Crippen LogP contribution in [0.5, 0.6) is 0 Å². The van der Waals surface area contributed by atoms with Crippen LogP contribution in [0.15, 0.2) is 41.4 Å². The molecule has 0 unspecified atom stereocenters. The number of carbonyl (C=O) groups excluding carboxylic acids is 1. The number of nitrogens with zero attached hydrogens (tertiary/aromatic N) is 5. The minimum atomic E-state index is -4.83. The molecule has 15 heteroatoms. The van der Waals surface area contributed by atoms with Crippen molar-refractivity contribution < 1.29 is 36.1 Å². The van der Waals surface area contributed by atoms with Crippen molar-refractivity contribution in [2.75, 3.05) is 50.7 Å². The number of halogens is 6. The maximum absolute atomic E-state index is 13.3. The van der Waals surface area contributed by atoms with Crippen molar-refractivity contribution >= 4 is 11.7 Å². The first-order chi connectivity index (χ1) is 18.3. The second kappa shape index (κ2) is 11.4. The molecule has 1 atom stereocenters. The predicted molar refractivity (Wildman–Crippen MR) is 128 cm³/mol. The van der Waals surface area contributed by atoms with Crippen LogP contribution in [0.2, 0.25) is 0 Å². The number of hydrogen-bond donors (Lipinski definition) is 1. The van der Waals surface area contributed by atoms with E-state index < -0.39 is 34.1 Å². The van der Waals surface area contributed by atoms with Gasteiger partial charge in [-0.05, 0) is 31.1 Å². The standard InChI is InChI=1S/C24H28F6N6O3/c25-23(26,27)16-1-4-21(31-14-16)34-11-9-33(10-12-34)7-6-22(37)35-8-5-18(15-35)32-17-2-3-20(36(38)39)19(13-17)24(28,29)30/h1,4,13-14,18,32H,2-3,5-12,15H2/t18-/m1/s1. The molecule has 0 saturated carbocycles. The first kappa shape index (κ1) is 28.6. The molecule has 0 radical (unpaired) electrons. The number of nitro groups is 1. The Morgan fingerprint density at radius 3 is 2.36 bits per heavy atom. The Hall–Kier alpha value is -3.36. The molecule has 3 aliphatic rings. The molecule has 3 heterocycles. The average molecular weight is 563 g/mol. The molecule has 4 rings (SSSR count). The van der Waals surface area contributed by atoms with Crippen LogP contribution in [0.4, 0.5) is 32.2 Å². The number of aromatic nitrogens is 1. The highest BCUT2D eigenvalue weighted by Gasteiger charge is 2.42. The lowest BCUT2D eigenvalue weighted by molar-refractivity contribution is -0.430. The third-order valence-electron chi connectivity index (χ3n) is 7.13. The van der Waals surface area contributed by atoms with Crippen LogP contribution in [-0.4, -0.2) is 83.6 Å². The number of anilines is 1. The minimum absolute atomic E-state index is 0.0738. The Balaban J connectivity index is 1.21. The van der Waals surface area contributed by atoms with Crippen LogP contribution in [0.1, 0.15) is 31.2 Å². The first-order valence-corrected chi connectivity index (χ1v) is 12.5. The number of rotatable bonds is 7. The van der Waals surface area contributed by atoms with Gasteiger partial charge in [-0.2, -0.15) is 26.3 Å². The zero-order chi connectivity index (χ0) is 28.4. The fourth-order valence-corrected chi connectivity index (χ4v) is 4.99. The van der Waals surface area contributed by atoms with Gasteiger partial charge in [0, 0.05) is 76.6 Å². The van der Waals surface area contributed by atoms with Gasteiger partial charge in [0.25, 0.3) is 5.70 Å². The summed E-state index contributed by atoms with van der Waals surface area (Å²) in [5.41, 5.74) is -2.62. The van der Waals surface area contributed by atoms with Gasteiger partial charge >= 0.3 is 12.4 Å². The predicted octanol–water partition coefficient (Wildman–Crippen LogP) is 3.57. The maximum Gasteiger partial charge on any atom is 0.422 e. The quantitative estimate of drug-likeness (QED) is 0.309. The van der Waals surface area contributed by atoms with E-state index >= 15 is 0 Å². The SMILES string of the molecule is O=C(CCN1CCN(c2ccc(C(F)(F)F)cn2)CC1)N1CC[C@@H](NC2=CC(C(F)(F)F)=C([N+](=O)[O-])CC2)C1. The van der Waals surface area contributed by atoms with E-state index in [1.807, 2.05) is 4.90 Å². The fourth-order valence-electron chi connectivity index (χ4n) is 4.99. The summed E-state index contributed by atoms with van der Waals surface area (Å²) in [6.45, 7) is 3.66. The van der Waals surface area contributed by atoms with Crippen LogP contribution in [0.3, 0.4) is 0 Å². The van der Waals surface area contributed by atoms with E-state index in [-0.39, 0.29) is 36.9 Å². The lowest BCUT2D eigenvalue weighted by atomic mass is 9.99. The highest BCUT2D eigenvalue weighted by atomic mass is 19.4. The molecule has 0 aromatic carbocycles. The number of pyridine rings is 1. The van der Waals surface area contributed by atoms with E-state index in [4.69, 9.17) is 0 Å². The monoisotopic (exact) mass is 562 g/mol. The molecule has 214 valence electrons. The summed E-state index contributed by atoms with van der Waals surface area (Å²) >= 11 is 0. The van der Waals surface area contributed by atoms with Crippen molar-refractivity contribution in [3.05, 3.63) is 57.1 Å². The number of likely N-dealkylation sites (tertiary alicyclic amines) is 1. The van der Waals surface area contributed by atoms with Crippen LogP contribution in [0, 0.1) is 10.1 Å². The number of nitrogens with one attached hydrogen (secondary N) is 1. The molecule has 2 saturated heterocycles. The van der Waals surface area contributed by atoms with Crippen molar-refractivity contribution in [2.45, 2.75) is 44.1 Å². The Labute approximate surface area is 220 Å². The lowest BCUT2D eigenvalue weighted by Crippen LogP contribution is -2.47. The fraction of sp³-hybridized carbons (Fsp3) is 0.583. The van der Waals surface area contributed by atoms with Crippen LogP contribution < -0.4 is 10.2 Å². The number of piperazine rings is 1. The molecule has 39 heavy (non-hydrogen) atoms. The minimum Gasteiger partial charge on any atom is -0.384 e. The molecule has 1 aromatic rings. The van der Waals surface area contributed by atoms with Gasteiger partial charge in [0.1, 0.15) is 11.4 Å². The Bertz CT molecular complexity index is 1130. The van der Waals surface area contributed by atoms with E-state index in [9.17, 15) is 41.3 Å². The Morgan fingerprint density at radius 2 is 1.77 bits per heavy atom. The van der Waals surface area contributed by atoms with Crippen molar-refractivity contribution in [2.24, 2.45) is 0 Å². The highest BCUT2D eigenvalue weighted by Crippen LogP contribution is 2.36. The number of carbonyl (C=O) groups is 1. The van der Waals surface area contributed by atoms with E-state index in [1.165, 1.54) is 6.07 Å². The summed E-state index contributed by atoms with van der Waals surface area (Å²) in [4.78, 5) is 32.3. The zero-order valence-corrected chi connectivity index (χ0v) is 20.9. The summed E-state index contributed by atoms with van der Waals surface area (Å²) in [6.07, 6.45) is -7.06. The van der Waals surface area contributed by atoms with Gasteiger partial charge in [0.15, 0.2) is 0 Å². The summed E-state index contributed by atoms with van der Waals surface area (Å²) in [6, 6.07) is 2.11. The second-order valence-electron chi connectivity index (χ2n) is 9.74. The smallest absolute Gasteiger partial charge is 0.384 e. The normalized spacial score (nSPS) is 21.3. The molecule has 0 bridgehead atoms. The van der Waals surface area contributed by atoms with Gasteiger partial charge in [-0.3, -0.25) is 19.8 Å². The van der Waals surface area contributed by atoms with Gasteiger partial charge in [-0.1, -0.05) is 0 Å². The number of hydrogen-bond acceptors (Lipinski definition) is 7. The topological polar surface area (TPSA) is 94.9 Å². The van der Waals surface area contributed by atoms with Gasteiger partial charge in [0.2, 0.25) is 5.91 Å². The number of allylic oxidation sites excluding steroid dienone is 4. The third kappa shape index (κ3) is 7.19. The van der Waals surface area contributed by atoms with Crippen molar-refractivity contribution in [1.82, 2.24) is 20.1 Å². The van der Waals surface area contributed by atoms with Crippen LogP contribution in [-0.2, 0) is 11.0 Å². The molecule has 2 fully saturated rings. The summed E-state index contributed by atoms with van der Waals surface area (Å²) in [5, 5.41) is 14.0. The van der Waals surface area contributed by atoms with Crippen LogP contribution >= 0.6 is 0 Å². The van der Waals surface area contributed by atoms with Crippen molar-refractivity contribution in [3.8, 4) is 0 Å². The molecular weight excluding hydrogens is 534 g/mol. The van der Waals surface area contributed by atoms with E-state index in [1.54, 1.807) is 4.90 Å². The highest BCUT2D eigenvalue weighted by molar-refractivity contribution is 5.76. The largest absolute Gasteiger partial charge is 0.422 e. The summed E-state index contributed by atoms with van der Waals surface area (Å²) in [7, 11) is 0. The van der Waals surface area contributed by atoms with Gasteiger partial charge in [-0.25, -0.2) is 4.98 Å².